The molecular weight excluding hydrogens is 1150 g/mol. The van der Waals surface area contributed by atoms with E-state index in [1.165, 1.54) is 210 Å². The Morgan fingerprint density at radius 1 is 0.312 bits per heavy atom. The highest BCUT2D eigenvalue weighted by atomic mass is 15.2. The molecule has 0 aromatic carbocycles. The predicted octanol–water partition coefficient (Wildman–Crippen LogP) is 18.0. The number of anilines is 2. The standard InChI is InChI=1S/C16H24N4.C15H22N4.3C15H21N3/c1-3-17-16-19-15-14(9-12(2)10-18-15)20(16)11-13-7-5-4-6-8-13;1-11-8-13-14(17-9-11)18-15(16-2)19(13)10-12-6-4-3-5-7-12;3*1-11-8-14-15(16-9-11)17-12(2)18(14)10-13-6-4-3-5-7-13/h9-10,13H,3-8,11H2,1-2H3,(H,17,18,19);8-9,12H,3-7,10H2,1-2H3,(H,16,17,18);3*8-9,13H,3-7,10H2,1-2H3. The van der Waals surface area contributed by atoms with Gasteiger partial charge in [-0.3, -0.25) is 0 Å². The largest absolute Gasteiger partial charge is 0.359 e. The summed E-state index contributed by atoms with van der Waals surface area (Å²) < 4.78 is 11.8. The van der Waals surface area contributed by atoms with Crippen molar-refractivity contribution in [1.82, 2.24) is 72.7 Å². The SMILES string of the molecule is CCNc1nc2ncc(C)cc2n1CC1CCCCC1.CNc1nc2ncc(C)cc2n1CC1CCCCC1.Cc1cnc2nc(C)n(CC3CCCCC3)c2c1.Cc1cnc2nc(C)n(CC3CCCCC3)c2c1.Cc1cnc2nc(C)n(CC3CCCCC3)c2c1. The summed E-state index contributed by atoms with van der Waals surface area (Å²) >= 11 is 0. The number of imidazole rings is 5. The zero-order chi connectivity index (χ0) is 64.8. The van der Waals surface area contributed by atoms with Crippen molar-refractivity contribution in [2.45, 2.75) is 256 Å². The number of fused-ring (bicyclic) bond motifs is 5. The maximum Gasteiger partial charge on any atom is 0.205 e. The van der Waals surface area contributed by atoms with E-state index in [1.54, 1.807) is 0 Å². The molecule has 15 rings (SSSR count). The van der Waals surface area contributed by atoms with Crippen LogP contribution in [0.4, 0.5) is 11.9 Å². The minimum atomic E-state index is 0.791. The molecule has 5 fully saturated rings. The lowest BCUT2D eigenvalue weighted by Crippen LogP contribution is -2.16. The molecule has 0 atom stereocenters. The van der Waals surface area contributed by atoms with Gasteiger partial charge in [0, 0.05) is 77.3 Å². The van der Waals surface area contributed by atoms with Crippen LogP contribution >= 0.6 is 0 Å². The molecule has 0 unspecified atom stereocenters. The number of hydrogen-bond donors (Lipinski definition) is 2. The molecule has 5 aliphatic rings. The van der Waals surface area contributed by atoms with Gasteiger partial charge in [0.15, 0.2) is 28.2 Å². The fourth-order valence-electron chi connectivity index (χ4n) is 15.6. The third-order valence-electron chi connectivity index (χ3n) is 20.7. The summed E-state index contributed by atoms with van der Waals surface area (Å²) in [6.07, 6.45) is 44.1. The van der Waals surface area contributed by atoms with Gasteiger partial charge in [-0.1, -0.05) is 96.3 Å². The van der Waals surface area contributed by atoms with Gasteiger partial charge in [0.1, 0.15) is 17.5 Å². The Morgan fingerprint density at radius 3 is 0.796 bits per heavy atom. The number of nitrogens with one attached hydrogen (secondary N) is 2. The van der Waals surface area contributed by atoms with Crippen LogP contribution in [0.15, 0.2) is 61.3 Å². The second-order valence-electron chi connectivity index (χ2n) is 28.5. The molecule has 0 spiro atoms. The van der Waals surface area contributed by atoms with Gasteiger partial charge < -0.3 is 33.5 Å². The van der Waals surface area contributed by atoms with Crippen LogP contribution in [-0.4, -0.2) is 86.3 Å². The number of pyridine rings is 5. The molecule has 93 heavy (non-hydrogen) atoms. The van der Waals surface area contributed by atoms with Crippen LogP contribution in [0, 0.1) is 85.0 Å². The fourth-order valence-corrected chi connectivity index (χ4v) is 15.6. The van der Waals surface area contributed by atoms with E-state index in [0.717, 1.165) is 132 Å². The van der Waals surface area contributed by atoms with E-state index >= 15 is 0 Å². The molecule has 498 valence electrons. The molecule has 0 amide bonds. The first-order chi connectivity index (χ1) is 45.3. The smallest absolute Gasteiger partial charge is 0.205 e. The lowest BCUT2D eigenvalue weighted by atomic mass is 9.89. The van der Waals surface area contributed by atoms with Gasteiger partial charge in [0.2, 0.25) is 11.9 Å². The van der Waals surface area contributed by atoms with Gasteiger partial charge in [-0.2, -0.15) is 9.97 Å². The Balaban J connectivity index is 0.000000119. The number of aryl methyl sites for hydroxylation is 8. The molecular formula is C76H109N17. The van der Waals surface area contributed by atoms with Crippen molar-refractivity contribution in [3.05, 3.63) is 107 Å². The van der Waals surface area contributed by atoms with E-state index in [1.807, 2.05) is 38.0 Å². The van der Waals surface area contributed by atoms with Crippen molar-refractivity contribution in [3.63, 3.8) is 0 Å². The second-order valence-corrected chi connectivity index (χ2v) is 28.5. The third-order valence-corrected chi connectivity index (χ3v) is 20.7. The molecule has 10 aromatic rings. The quantitative estimate of drug-likeness (QED) is 0.112. The predicted molar refractivity (Wildman–Crippen MR) is 382 cm³/mol. The topological polar surface area (TPSA) is 178 Å². The minimum Gasteiger partial charge on any atom is -0.359 e. The van der Waals surface area contributed by atoms with Gasteiger partial charge in [0.05, 0.1) is 27.6 Å². The fraction of sp³-hybridized carbons (Fsp3) is 0.605. The molecule has 0 radical (unpaired) electrons. The highest BCUT2D eigenvalue weighted by molar-refractivity contribution is 5.77. The first kappa shape index (κ1) is 67.1. The van der Waals surface area contributed by atoms with Gasteiger partial charge in [0.25, 0.3) is 0 Å². The number of rotatable bonds is 13. The second kappa shape index (κ2) is 32.2. The van der Waals surface area contributed by atoms with E-state index < -0.39 is 0 Å². The van der Waals surface area contributed by atoms with Crippen molar-refractivity contribution in [1.29, 1.82) is 0 Å². The van der Waals surface area contributed by atoms with Gasteiger partial charge in [-0.05, 0) is 214 Å². The van der Waals surface area contributed by atoms with Gasteiger partial charge >= 0.3 is 0 Å². The van der Waals surface area contributed by atoms with Crippen LogP contribution in [0.3, 0.4) is 0 Å². The third kappa shape index (κ3) is 17.4. The van der Waals surface area contributed by atoms with Crippen LogP contribution in [0.2, 0.25) is 0 Å². The number of aromatic nitrogens is 15. The normalized spacial score (nSPS) is 17.2. The molecule has 5 saturated carbocycles. The lowest BCUT2D eigenvalue weighted by Gasteiger charge is -2.23. The molecule has 10 aromatic heterocycles. The molecule has 10 heterocycles. The Kier molecular flexibility index (Phi) is 23.3. The van der Waals surface area contributed by atoms with E-state index in [9.17, 15) is 0 Å². The Labute approximate surface area is 553 Å². The van der Waals surface area contributed by atoms with Gasteiger partial charge in [-0.15, -0.1) is 0 Å². The van der Waals surface area contributed by atoms with Crippen LogP contribution in [0.1, 0.15) is 213 Å². The Morgan fingerprint density at radius 2 is 0.538 bits per heavy atom. The zero-order valence-electron chi connectivity index (χ0n) is 58.3. The molecule has 17 heteroatoms. The van der Waals surface area contributed by atoms with Crippen LogP contribution in [0.5, 0.6) is 0 Å². The highest BCUT2D eigenvalue weighted by Gasteiger charge is 2.23. The van der Waals surface area contributed by atoms with Crippen molar-refractivity contribution < 1.29 is 0 Å². The van der Waals surface area contributed by atoms with Gasteiger partial charge in [-0.25, -0.2) is 39.9 Å². The summed E-state index contributed by atoms with van der Waals surface area (Å²) in [5.74, 6) is 9.31. The minimum absolute atomic E-state index is 0.791. The maximum absolute atomic E-state index is 4.65. The first-order valence-corrected chi connectivity index (χ1v) is 36.2. The Hall–Kier alpha value is -7.30. The molecule has 0 saturated heterocycles. The average Bonchev–Trinajstić information content (AvgIpc) is 1.76. The molecule has 0 bridgehead atoms. The number of nitrogens with zero attached hydrogens (tertiary/aromatic N) is 15. The summed E-state index contributed by atoms with van der Waals surface area (Å²) in [6, 6.07) is 11.0. The summed E-state index contributed by atoms with van der Waals surface area (Å²) in [5, 5.41) is 6.59. The van der Waals surface area contributed by atoms with E-state index in [-0.39, 0.29) is 0 Å². The van der Waals surface area contributed by atoms with Crippen LogP contribution in [-0.2, 0) is 32.7 Å². The summed E-state index contributed by atoms with van der Waals surface area (Å²) in [5.41, 5.74) is 16.4. The summed E-state index contributed by atoms with van der Waals surface area (Å²) in [7, 11) is 1.94. The lowest BCUT2D eigenvalue weighted by molar-refractivity contribution is 0.320. The molecule has 17 nitrogen and oxygen atoms in total. The molecule has 2 N–H and O–H groups in total. The van der Waals surface area contributed by atoms with Crippen molar-refractivity contribution >= 4 is 67.7 Å². The van der Waals surface area contributed by atoms with E-state index in [4.69, 9.17) is 0 Å². The maximum atomic E-state index is 4.65. The highest BCUT2D eigenvalue weighted by Crippen LogP contribution is 2.33. The molecule has 5 aliphatic carbocycles. The number of hydrogen-bond acceptors (Lipinski definition) is 12. The summed E-state index contributed by atoms with van der Waals surface area (Å²) in [6.45, 7) is 25.3. The van der Waals surface area contributed by atoms with Crippen molar-refractivity contribution in [2.24, 2.45) is 29.6 Å². The van der Waals surface area contributed by atoms with Crippen molar-refractivity contribution in [3.8, 4) is 0 Å². The van der Waals surface area contributed by atoms with E-state index in [0.29, 0.717) is 0 Å². The average molecular weight is 1260 g/mol. The Bertz CT molecular complexity index is 3750. The van der Waals surface area contributed by atoms with Crippen molar-refractivity contribution in [2.75, 3.05) is 24.2 Å². The zero-order valence-corrected chi connectivity index (χ0v) is 58.3. The molecule has 0 aliphatic heterocycles. The first-order valence-electron chi connectivity index (χ1n) is 36.2. The van der Waals surface area contributed by atoms with E-state index in [2.05, 4.69) is 176 Å². The van der Waals surface area contributed by atoms with Crippen LogP contribution < -0.4 is 10.6 Å². The van der Waals surface area contributed by atoms with Crippen LogP contribution in [0.25, 0.3) is 55.8 Å². The summed E-state index contributed by atoms with van der Waals surface area (Å²) in [4.78, 5) is 45.1. The monoisotopic (exact) mass is 1260 g/mol.